The molecule has 0 aromatic carbocycles. The van der Waals surface area contributed by atoms with E-state index in [1.54, 1.807) is 0 Å². The Bertz CT molecular complexity index is 195. The molecule has 4 nitrogen and oxygen atoms in total. The van der Waals surface area contributed by atoms with Crippen molar-refractivity contribution in [1.82, 2.24) is 4.90 Å². The highest BCUT2D eigenvalue weighted by Gasteiger charge is 2.00. The lowest BCUT2D eigenvalue weighted by molar-refractivity contribution is -0.121. The van der Waals surface area contributed by atoms with Gasteiger partial charge in [0, 0.05) is 6.54 Å². The Morgan fingerprint density at radius 2 is 1.76 bits per heavy atom. The number of ether oxygens (including phenoxy) is 2. The van der Waals surface area contributed by atoms with Crippen molar-refractivity contribution < 1.29 is 14.3 Å². The monoisotopic (exact) mass is 245 g/mol. The molecule has 4 heteroatoms. The molecule has 0 aliphatic rings. The van der Waals surface area contributed by atoms with Crippen LogP contribution in [0.4, 0.5) is 0 Å². The average Bonchev–Trinajstić information content (AvgIpc) is 2.24. The van der Waals surface area contributed by atoms with Gasteiger partial charge in [-0.3, -0.25) is 4.79 Å². The van der Waals surface area contributed by atoms with E-state index in [-0.39, 0.29) is 12.4 Å². The summed E-state index contributed by atoms with van der Waals surface area (Å²) in [7, 11) is 2.11. The van der Waals surface area contributed by atoms with Crippen molar-refractivity contribution in [3.63, 3.8) is 0 Å². The van der Waals surface area contributed by atoms with Crippen LogP contribution in [0, 0.1) is 5.92 Å². The Balaban J connectivity index is 3.19. The van der Waals surface area contributed by atoms with Crippen LogP contribution in [0.5, 0.6) is 0 Å². The zero-order valence-corrected chi connectivity index (χ0v) is 11.7. The van der Waals surface area contributed by atoms with Crippen LogP contribution in [0.1, 0.15) is 27.2 Å². The molecule has 0 heterocycles. The summed E-state index contributed by atoms with van der Waals surface area (Å²) in [4.78, 5) is 12.9. The summed E-state index contributed by atoms with van der Waals surface area (Å²) in [5, 5.41) is 0. The van der Waals surface area contributed by atoms with Crippen LogP contribution in [0.15, 0.2) is 0 Å². The molecule has 0 aromatic rings. The van der Waals surface area contributed by atoms with Crippen molar-refractivity contribution in [2.75, 3.05) is 46.6 Å². The standard InChI is InChI=1S/C13H27NO3/c1-12(2)5-6-14(4)7-8-16-9-10-17-11-13(3)15/h12H,5-11H2,1-4H3. The van der Waals surface area contributed by atoms with Gasteiger partial charge in [0.15, 0.2) is 5.78 Å². The first-order chi connectivity index (χ1) is 8.02. The van der Waals surface area contributed by atoms with Crippen molar-refractivity contribution >= 4 is 5.78 Å². The van der Waals surface area contributed by atoms with E-state index in [2.05, 4.69) is 25.8 Å². The van der Waals surface area contributed by atoms with Crippen molar-refractivity contribution in [3.05, 3.63) is 0 Å². The predicted octanol–water partition coefficient (Wildman–Crippen LogP) is 1.59. The fourth-order valence-corrected chi connectivity index (χ4v) is 1.25. The predicted molar refractivity (Wildman–Crippen MR) is 69.3 cm³/mol. The number of Topliss-reactive ketones (excluding diaryl/α,β-unsaturated/α-hetero) is 1. The van der Waals surface area contributed by atoms with Crippen molar-refractivity contribution in [1.29, 1.82) is 0 Å². The fraction of sp³-hybridized carbons (Fsp3) is 0.923. The second-order valence-electron chi connectivity index (χ2n) is 4.85. The lowest BCUT2D eigenvalue weighted by Crippen LogP contribution is -2.25. The molecule has 0 saturated heterocycles. The van der Waals surface area contributed by atoms with Crippen LogP contribution in [-0.4, -0.2) is 57.2 Å². The molecule has 0 amide bonds. The minimum absolute atomic E-state index is 0.0541. The van der Waals surface area contributed by atoms with Crippen molar-refractivity contribution in [2.45, 2.75) is 27.2 Å². The van der Waals surface area contributed by atoms with E-state index >= 15 is 0 Å². The van der Waals surface area contributed by atoms with Gasteiger partial charge in [0.2, 0.25) is 0 Å². The van der Waals surface area contributed by atoms with Gasteiger partial charge in [-0.2, -0.15) is 0 Å². The SMILES string of the molecule is CC(=O)COCCOCCN(C)CCC(C)C. The molecule has 102 valence electrons. The van der Waals surface area contributed by atoms with Gasteiger partial charge in [-0.25, -0.2) is 0 Å². The van der Waals surface area contributed by atoms with Crippen LogP contribution in [-0.2, 0) is 14.3 Å². The van der Waals surface area contributed by atoms with Gasteiger partial charge in [0.1, 0.15) is 6.61 Å². The molecule has 0 bridgehead atoms. The molecule has 0 saturated carbocycles. The summed E-state index contributed by atoms with van der Waals surface area (Å²) in [6.07, 6.45) is 1.22. The number of hydrogen-bond donors (Lipinski definition) is 0. The average molecular weight is 245 g/mol. The molecule has 0 spiro atoms. The summed E-state index contributed by atoms with van der Waals surface area (Å²) in [5.74, 6) is 0.803. The minimum atomic E-state index is 0.0541. The van der Waals surface area contributed by atoms with E-state index in [1.807, 2.05) is 0 Å². The third-order valence-electron chi connectivity index (χ3n) is 2.38. The van der Waals surface area contributed by atoms with Crippen molar-refractivity contribution in [2.24, 2.45) is 5.92 Å². The quantitative estimate of drug-likeness (QED) is 0.518. The van der Waals surface area contributed by atoms with E-state index in [4.69, 9.17) is 9.47 Å². The molecule has 0 radical (unpaired) electrons. The van der Waals surface area contributed by atoms with Gasteiger partial charge in [-0.1, -0.05) is 13.8 Å². The molecule has 0 fully saturated rings. The topological polar surface area (TPSA) is 38.8 Å². The lowest BCUT2D eigenvalue weighted by Gasteiger charge is -2.17. The molecule has 0 rings (SSSR count). The Morgan fingerprint density at radius 3 is 2.35 bits per heavy atom. The third-order valence-corrected chi connectivity index (χ3v) is 2.38. The number of carbonyl (C=O) groups excluding carboxylic acids is 1. The molecule has 17 heavy (non-hydrogen) atoms. The lowest BCUT2D eigenvalue weighted by atomic mass is 10.1. The van der Waals surface area contributed by atoms with Gasteiger partial charge >= 0.3 is 0 Å². The Kier molecular flexibility index (Phi) is 10.4. The van der Waals surface area contributed by atoms with Crippen molar-refractivity contribution in [3.8, 4) is 0 Å². The van der Waals surface area contributed by atoms with E-state index < -0.39 is 0 Å². The third kappa shape index (κ3) is 13.5. The molecule has 0 aromatic heterocycles. The van der Waals surface area contributed by atoms with E-state index in [0.717, 1.165) is 25.6 Å². The molecular formula is C13H27NO3. The highest BCUT2D eigenvalue weighted by molar-refractivity contribution is 5.76. The minimum Gasteiger partial charge on any atom is -0.378 e. The summed E-state index contributed by atoms with van der Waals surface area (Å²) in [6.45, 7) is 10.0. The summed E-state index contributed by atoms with van der Waals surface area (Å²) in [6, 6.07) is 0. The normalized spacial score (nSPS) is 11.4. The highest BCUT2D eigenvalue weighted by atomic mass is 16.5. The number of ketones is 1. The molecule has 0 N–H and O–H groups in total. The van der Waals surface area contributed by atoms with Gasteiger partial charge in [-0.15, -0.1) is 0 Å². The summed E-state index contributed by atoms with van der Waals surface area (Å²) in [5.41, 5.74) is 0. The van der Waals surface area contributed by atoms with Crippen LogP contribution in [0.2, 0.25) is 0 Å². The zero-order chi connectivity index (χ0) is 13.1. The second-order valence-corrected chi connectivity index (χ2v) is 4.85. The molecule has 0 unspecified atom stereocenters. The maximum absolute atomic E-state index is 10.6. The maximum Gasteiger partial charge on any atom is 0.155 e. The van der Waals surface area contributed by atoms with E-state index in [0.29, 0.717) is 13.2 Å². The first-order valence-electron chi connectivity index (χ1n) is 6.35. The van der Waals surface area contributed by atoms with Crippen LogP contribution < -0.4 is 0 Å². The summed E-state index contributed by atoms with van der Waals surface area (Å²) >= 11 is 0. The van der Waals surface area contributed by atoms with Gasteiger partial charge in [0.25, 0.3) is 0 Å². The van der Waals surface area contributed by atoms with E-state index in [1.165, 1.54) is 13.3 Å². The number of hydrogen-bond acceptors (Lipinski definition) is 4. The second kappa shape index (κ2) is 10.7. The smallest absolute Gasteiger partial charge is 0.155 e. The Morgan fingerprint density at radius 1 is 1.12 bits per heavy atom. The first-order valence-corrected chi connectivity index (χ1v) is 6.35. The number of likely N-dealkylation sites (N-methyl/N-ethyl adjacent to an activating group) is 1. The molecule has 0 aliphatic carbocycles. The largest absolute Gasteiger partial charge is 0.378 e. The summed E-state index contributed by atoms with van der Waals surface area (Å²) < 4.78 is 10.5. The molecule has 0 aliphatic heterocycles. The maximum atomic E-state index is 10.6. The highest BCUT2D eigenvalue weighted by Crippen LogP contribution is 2.00. The van der Waals surface area contributed by atoms with Gasteiger partial charge < -0.3 is 14.4 Å². The van der Waals surface area contributed by atoms with Crippen LogP contribution in [0.25, 0.3) is 0 Å². The molecule has 0 atom stereocenters. The van der Waals surface area contributed by atoms with Crippen LogP contribution >= 0.6 is 0 Å². The zero-order valence-electron chi connectivity index (χ0n) is 11.7. The number of carbonyl (C=O) groups is 1. The van der Waals surface area contributed by atoms with Gasteiger partial charge in [-0.05, 0) is 32.9 Å². The van der Waals surface area contributed by atoms with Crippen LogP contribution in [0.3, 0.4) is 0 Å². The Hall–Kier alpha value is -0.450. The Labute approximate surface area is 105 Å². The molecular weight excluding hydrogens is 218 g/mol. The van der Waals surface area contributed by atoms with E-state index in [9.17, 15) is 4.79 Å². The van der Waals surface area contributed by atoms with Gasteiger partial charge in [0.05, 0.1) is 19.8 Å². The number of rotatable bonds is 11. The first kappa shape index (κ1) is 16.6. The fourth-order valence-electron chi connectivity index (χ4n) is 1.25. The number of nitrogens with zero attached hydrogens (tertiary/aromatic N) is 1.